The van der Waals surface area contributed by atoms with Crippen LogP contribution >= 0.6 is 11.3 Å². The molecule has 2 heterocycles. The number of fused-ring (bicyclic) bond motifs is 1. The van der Waals surface area contributed by atoms with Gasteiger partial charge < -0.3 is 10.2 Å². The summed E-state index contributed by atoms with van der Waals surface area (Å²) in [5.74, 6) is -0.288. The smallest absolute Gasteiger partial charge is 0.246 e. The molecule has 0 spiro atoms. The Labute approximate surface area is 167 Å². The lowest BCUT2D eigenvalue weighted by Gasteiger charge is -2.31. The molecule has 1 atom stereocenters. The maximum absolute atomic E-state index is 12.6. The number of thiazole rings is 1. The Balaban J connectivity index is 1.38. The zero-order valence-corrected chi connectivity index (χ0v) is 16.2. The standard InChI is InChI=1S/C22H21N3O2S/c26-21(13-12-20-24-18-10-4-5-11-19(18)28-20)25-14-6-7-16(15-25)22(27)23-17-8-2-1-3-9-17/h1-5,8-13,16H,6-7,14-15H2,(H,23,27)/b13-12+. The van der Waals surface area contributed by atoms with Crippen molar-refractivity contribution in [3.05, 3.63) is 65.7 Å². The van der Waals surface area contributed by atoms with E-state index in [1.807, 2.05) is 54.6 Å². The molecule has 2 amide bonds. The highest BCUT2D eigenvalue weighted by Gasteiger charge is 2.27. The Morgan fingerprint density at radius 1 is 1.11 bits per heavy atom. The molecule has 1 aliphatic rings. The average molecular weight is 391 g/mol. The molecule has 0 saturated carbocycles. The van der Waals surface area contributed by atoms with Crippen molar-refractivity contribution < 1.29 is 9.59 Å². The number of anilines is 1. The van der Waals surface area contributed by atoms with E-state index in [9.17, 15) is 9.59 Å². The summed E-state index contributed by atoms with van der Waals surface area (Å²) in [6.45, 7) is 1.12. The summed E-state index contributed by atoms with van der Waals surface area (Å²) in [7, 11) is 0. The minimum Gasteiger partial charge on any atom is -0.338 e. The third-order valence-corrected chi connectivity index (χ3v) is 5.83. The number of nitrogens with one attached hydrogen (secondary N) is 1. The average Bonchev–Trinajstić information content (AvgIpc) is 3.16. The quantitative estimate of drug-likeness (QED) is 0.679. The molecule has 0 aliphatic carbocycles. The van der Waals surface area contributed by atoms with Gasteiger partial charge in [0.25, 0.3) is 0 Å². The van der Waals surface area contributed by atoms with E-state index < -0.39 is 0 Å². The Kier molecular flexibility index (Phi) is 5.48. The van der Waals surface area contributed by atoms with Gasteiger partial charge in [0.05, 0.1) is 16.1 Å². The van der Waals surface area contributed by atoms with Crippen LogP contribution in [0.2, 0.25) is 0 Å². The fourth-order valence-electron chi connectivity index (χ4n) is 3.37. The molecular formula is C22H21N3O2S. The van der Waals surface area contributed by atoms with Gasteiger partial charge >= 0.3 is 0 Å². The topological polar surface area (TPSA) is 62.3 Å². The van der Waals surface area contributed by atoms with Crippen molar-refractivity contribution >= 4 is 45.1 Å². The van der Waals surface area contributed by atoms with Crippen molar-refractivity contribution in [2.24, 2.45) is 5.92 Å². The van der Waals surface area contributed by atoms with Crippen molar-refractivity contribution in [1.82, 2.24) is 9.88 Å². The number of hydrogen-bond acceptors (Lipinski definition) is 4. The molecule has 5 nitrogen and oxygen atoms in total. The van der Waals surface area contributed by atoms with Gasteiger partial charge in [-0.1, -0.05) is 30.3 Å². The maximum Gasteiger partial charge on any atom is 0.246 e. The zero-order valence-electron chi connectivity index (χ0n) is 15.4. The van der Waals surface area contributed by atoms with Crippen molar-refractivity contribution in [3.63, 3.8) is 0 Å². The number of aromatic nitrogens is 1. The first-order chi connectivity index (χ1) is 13.7. The summed E-state index contributed by atoms with van der Waals surface area (Å²) >= 11 is 1.56. The van der Waals surface area contributed by atoms with Crippen LogP contribution in [0, 0.1) is 5.92 Å². The van der Waals surface area contributed by atoms with Gasteiger partial charge in [0, 0.05) is 24.9 Å². The van der Waals surface area contributed by atoms with Crippen LogP contribution < -0.4 is 5.32 Å². The second kappa shape index (κ2) is 8.35. The predicted molar refractivity (Wildman–Crippen MR) is 113 cm³/mol. The molecule has 0 bridgehead atoms. The molecule has 1 aliphatic heterocycles. The highest BCUT2D eigenvalue weighted by atomic mass is 32.1. The molecule has 28 heavy (non-hydrogen) atoms. The summed E-state index contributed by atoms with van der Waals surface area (Å²) in [6, 6.07) is 17.3. The van der Waals surface area contributed by atoms with Crippen LogP contribution in [0.4, 0.5) is 5.69 Å². The number of benzene rings is 2. The molecule has 4 rings (SSSR count). The van der Waals surface area contributed by atoms with Gasteiger partial charge in [-0.15, -0.1) is 11.3 Å². The lowest BCUT2D eigenvalue weighted by atomic mass is 9.97. The van der Waals surface area contributed by atoms with Crippen LogP contribution in [0.1, 0.15) is 17.8 Å². The molecule has 1 unspecified atom stereocenters. The Morgan fingerprint density at radius 3 is 2.71 bits per heavy atom. The molecule has 2 aromatic carbocycles. The van der Waals surface area contributed by atoms with Crippen molar-refractivity contribution in [3.8, 4) is 0 Å². The van der Waals surface area contributed by atoms with Crippen LogP contribution in [-0.4, -0.2) is 34.8 Å². The molecule has 6 heteroatoms. The number of nitrogens with zero attached hydrogens (tertiary/aromatic N) is 2. The minimum atomic E-state index is -0.186. The van der Waals surface area contributed by atoms with E-state index in [0.29, 0.717) is 13.1 Å². The van der Waals surface area contributed by atoms with Crippen LogP contribution in [0.15, 0.2) is 60.7 Å². The van der Waals surface area contributed by atoms with E-state index in [1.54, 1.807) is 28.4 Å². The molecule has 1 fully saturated rings. The maximum atomic E-state index is 12.6. The number of para-hydroxylation sites is 2. The minimum absolute atomic E-state index is 0.0288. The van der Waals surface area contributed by atoms with Crippen LogP contribution in [-0.2, 0) is 9.59 Å². The van der Waals surface area contributed by atoms with Gasteiger partial charge in [0.15, 0.2) is 0 Å². The number of carbonyl (C=O) groups is 2. The molecular weight excluding hydrogens is 370 g/mol. The van der Waals surface area contributed by atoms with Crippen molar-refractivity contribution in [2.75, 3.05) is 18.4 Å². The Bertz CT molecular complexity index is 980. The molecule has 1 N–H and O–H groups in total. The second-order valence-electron chi connectivity index (χ2n) is 6.83. The molecule has 3 aromatic rings. The summed E-state index contributed by atoms with van der Waals surface area (Å²) in [4.78, 5) is 31.4. The SMILES string of the molecule is O=C(Nc1ccccc1)C1CCCN(C(=O)/C=C/c2nc3ccccc3s2)C1. The number of piperidine rings is 1. The second-order valence-corrected chi connectivity index (χ2v) is 7.89. The van der Waals surface area contributed by atoms with Gasteiger partial charge in [-0.25, -0.2) is 4.98 Å². The van der Waals surface area contributed by atoms with E-state index in [1.165, 1.54) is 0 Å². The number of hydrogen-bond donors (Lipinski definition) is 1. The van der Waals surface area contributed by atoms with E-state index in [-0.39, 0.29) is 17.7 Å². The Morgan fingerprint density at radius 2 is 1.89 bits per heavy atom. The van der Waals surface area contributed by atoms with Gasteiger partial charge in [-0.2, -0.15) is 0 Å². The van der Waals surface area contributed by atoms with E-state index in [0.717, 1.165) is 33.8 Å². The predicted octanol–water partition coefficient (Wildman–Crippen LogP) is 4.19. The third kappa shape index (κ3) is 4.28. The lowest BCUT2D eigenvalue weighted by Crippen LogP contribution is -2.43. The number of amides is 2. The lowest BCUT2D eigenvalue weighted by molar-refractivity contribution is -0.130. The first-order valence-corrected chi connectivity index (χ1v) is 10.2. The van der Waals surface area contributed by atoms with E-state index >= 15 is 0 Å². The van der Waals surface area contributed by atoms with Gasteiger partial charge in [0.1, 0.15) is 5.01 Å². The summed E-state index contributed by atoms with van der Waals surface area (Å²) in [5.41, 5.74) is 1.72. The van der Waals surface area contributed by atoms with Crippen molar-refractivity contribution in [1.29, 1.82) is 0 Å². The highest BCUT2D eigenvalue weighted by molar-refractivity contribution is 7.19. The number of carbonyl (C=O) groups excluding carboxylic acids is 2. The van der Waals surface area contributed by atoms with Gasteiger partial charge in [-0.3, -0.25) is 9.59 Å². The largest absolute Gasteiger partial charge is 0.338 e. The highest BCUT2D eigenvalue weighted by Crippen LogP contribution is 2.23. The molecule has 142 valence electrons. The monoisotopic (exact) mass is 391 g/mol. The fraction of sp³-hybridized carbons (Fsp3) is 0.227. The molecule has 1 saturated heterocycles. The number of rotatable bonds is 4. The summed E-state index contributed by atoms with van der Waals surface area (Å²) in [6.07, 6.45) is 4.95. The number of likely N-dealkylation sites (tertiary alicyclic amines) is 1. The van der Waals surface area contributed by atoms with Crippen molar-refractivity contribution in [2.45, 2.75) is 12.8 Å². The first kappa shape index (κ1) is 18.4. The Hall–Kier alpha value is -2.99. The summed E-state index contributed by atoms with van der Waals surface area (Å²) in [5, 5.41) is 3.75. The normalized spacial score (nSPS) is 17.1. The van der Waals surface area contributed by atoms with E-state index in [2.05, 4.69) is 10.3 Å². The third-order valence-electron chi connectivity index (χ3n) is 4.82. The fourth-order valence-corrected chi connectivity index (χ4v) is 4.24. The van der Waals surface area contributed by atoms with Crippen LogP contribution in [0.3, 0.4) is 0 Å². The van der Waals surface area contributed by atoms with Gasteiger partial charge in [0.2, 0.25) is 11.8 Å². The zero-order chi connectivity index (χ0) is 19.3. The first-order valence-electron chi connectivity index (χ1n) is 9.37. The summed E-state index contributed by atoms with van der Waals surface area (Å²) < 4.78 is 1.10. The molecule has 1 aromatic heterocycles. The van der Waals surface area contributed by atoms with Crippen LogP contribution in [0.5, 0.6) is 0 Å². The van der Waals surface area contributed by atoms with Crippen LogP contribution in [0.25, 0.3) is 16.3 Å². The molecule has 0 radical (unpaired) electrons. The van der Waals surface area contributed by atoms with E-state index in [4.69, 9.17) is 0 Å². The van der Waals surface area contributed by atoms with Gasteiger partial charge in [-0.05, 0) is 43.2 Å².